The first-order chi connectivity index (χ1) is 7.84. The maximum Gasteiger partial charge on any atom is 0.124 e. The maximum absolute atomic E-state index is 4.78. The van der Waals surface area contributed by atoms with Gasteiger partial charge in [-0.15, -0.1) is 0 Å². The molecule has 88 valence electrons. The molecule has 3 rings (SSSR count). The zero-order chi connectivity index (χ0) is 11.0. The molecule has 3 heterocycles. The van der Waals surface area contributed by atoms with Crippen molar-refractivity contribution in [1.82, 2.24) is 15.1 Å². The quantitative estimate of drug-likeness (QED) is 0.757. The molecule has 4 nitrogen and oxygen atoms in total. The lowest BCUT2D eigenvalue weighted by atomic mass is 9.95. The van der Waals surface area contributed by atoms with Gasteiger partial charge >= 0.3 is 0 Å². The highest BCUT2D eigenvalue weighted by Crippen LogP contribution is 2.30. The van der Waals surface area contributed by atoms with Crippen LogP contribution in [0.4, 0.5) is 5.82 Å². The van der Waals surface area contributed by atoms with Gasteiger partial charge in [-0.3, -0.25) is 0 Å². The van der Waals surface area contributed by atoms with Crippen LogP contribution in [0.15, 0.2) is 6.07 Å². The summed E-state index contributed by atoms with van der Waals surface area (Å²) in [5, 5.41) is 11.6. The largest absolute Gasteiger partial charge is 0.370 e. The number of nitrogens with zero attached hydrogens (tertiary/aromatic N) is 2. The monoisotopic (exact) mass is 220 g/mol. The molecule has 1 fully saturated rings. The second kappa shape index (κ2) is 4.09. The fraction of sp³-hybridized carbons (Fsp3) is 0.750. The number of hydrogen-bond acceptors (Lipinski definition) is 3. The van der Waals surface area contributed by atoms with Crippen LogP contribution in [-0.2, 0) is 0 Å². The maximum atomic E-state index is 4.78. The van der Waals surface area contributed by atoms with Crippen LogP contribution in [0.2, 0.25) is 0 Å². The normalized spacial score (nSPS) is 26.2. The number of nitrogens with one attached hydrogen (secondary N) is 2. The van der Waals surface area contributed by atoms with Crippen molar-refractivity contribution in [2.45, 2.75) is 38.1 Å². The highest BCUT2D eigenvalue weighted by atomic mass is 15.4. The fourth-order valence-corrected chi connectivity index (χ4v) is 2.73. The minimum Gasteiger partial charge on any atom is -0.370 e. The van der Waals surface area contributed by atoms with Crippen molar-refractivity contribution in [3.05, 3.63) is 11.8 Å². The molecular formula is C12H20N4. The predicted octanol–water partition coefficient (Wildman–Crippen LogP) is 1.73. The van der Waals surface area contributed by atoms with E-state index in [1.54, 1.807) is 0 Å². The third-order valence-electron chi connectivity index (χ3n) is 3.80. The van der Waals surface area contributed by atoms with E-state index in [4.69, 9.17) is 5.10 Å². The standard InChI is InChI=1S/C12H20N4/c1-9-2-7-14-12-8-11(15-16(9)12)10-3-5-13-6-4-10/h8-10,13-14H,2-7H2,1H3. The van der Waals surface area contributed by atoms with Gasteiger partial charge in [-0.1, -0.05) is 0 Å². The molecule has 4 heteroatoms. The molecule has 1 aromatic rings. The van der Waals surface area contributed by atoms with E-state index >= 15 is 0 Å². The molecule has 1 atom stereocenters. The molecule has 0 saturated carbocycles. The minimum atomic E-state index is 0.548. The Hall–Kier alpha value is -1.03. The van der Waals surface area contributed by atoms with Crippen molar-refractivity contribution in [2.24, 2.45) is 0 Å². The Balaban J connectivity index is 1.85. The molecule has 0 amide bonds. The van der Waals surface area contributed by atoms with Crippen molar-refractivity contribution in [1.29, 1.82) is 0 Å². The van der Waals surface area contributed by atoms with Gasteiger partial charge in [0, 0.05) is 18.5 Å². The summed E-state index contributed by atoms with van der Waals surface area (Å²) in [4.78, 5) is 0. The summed E-state index contributed by atoms with van der Waals surface area (Å²) >= 11 is 0. The first-order valence-corrected chi connectivity index (χ1v) is 6.38. The Bertz CT molecular complexity index is 365. The van der Waals surface area contributed by atoms with Crippen molar-refractivity contribution < 1.29 is 0 Å². The van der Waals surface area contributed by atoms with E-state index in [0.717, 1.165) is 19.6 Å². The Morgan fingerprint density at radius 1 is 1.25 bits per heavy atom. The zero-order valence-corrected chi connectivity index (χ0v) is 9.87. The third kappa shape index (κ3) is 1.71. The SMILES string of the molecule is CC1CCNc2cc(C3CCNCC3)nn21. The highest BCUT2D eigenvalue weighted by Gasteiger charge is 2.23. The van der Waals surface area contributed by atoms with E-state index in [0.29, 0.717) is 12.0 Å². The van der Waals surface area contributed by atoms with Crippen molar-refractivity contribution in [2.75, 3.05) is 25.0 Å². The van der Waals surface area contributed by atoms with Gasteiger partial charge in [0.1, 0.15) is 5.82 Å². The molecule has 0 aliphatic carbocycles. The summed E-state index contributed by atoms with van der Waals surface area (Å²) in [5.41, 5.74) is 1.29. The summed E-state index contributed by atoms with van der Waals surface area (Å²) in [6.07, 6.45) is 3.63. The first kappa shape index (κ1) is 10.1. The Morgan fingerprint density at radius 3 is 2.81 bits per heavy atom. The molecule has 1 unspecified atom stereocenters. The molecule has 2 aliphatic rings. The number of fused-ring (bicyclic) bond motifs is 1. The van der Waals surface area contributed by atoms with E-state index in [2.05, 4.69) is 28.3 Å². The second-order valence-corrected chi connectivity index (χ2v) is 4.99. The zero-order valence-electron chi connectivity index (χ0n) is 9.87. The van der Waals surface area contributed by atoms with Crippen LogP contribution in [0.25, 0.3) is 0 Å². The van der Waals surface area contributed by atoms with Crippen LogP contribution >= 0.6 is 0 Å². The van der Waals surface area contributed by atoms with Gasteiger partial charge in [0.2, 0.25) is 0 Å². The lowest BCUT2D eigenvalue weighted by Crippen LogP contribution is -2.27. The summed E-state index contributed by atoms with van der Waals surface area (Å²) in [7, 11) is 0. The molecule has 1 aromatic heterocycles. The molecule has 0 spiro atoms. The summed E-state index contributed by atoms with van der Waals surface area (Å²) in [6.45, 7) is 5.60. The van der Waals surface area contributed by atoms with Gasteiger partial charge in [0.15, 0.2) is 0 Å². The van der Waals surface area contributed by atoms with Crippen molar-refractivity contribution in [3.8, 4) is 0 Å². The van der Waals surface area contributed by atoms with E-state index in [1.165, 1.54) is 30.8 Å². The molecule has 1 saturated heterocycles. The fourth-order valence-electron chi connectivity index (χ4n) is 2.73. The number of anilines is 1. The highest BCUT2D eigenvalue weighted by molar-refractivity contribution is 5.40. The Morgan fingerprint density at radius 2 is 2.06 bits per heavy atom. The Kier molecular flexibility index (Phi) is 2.59. The second-order valence-electron chi connectivity index (χ2n) is 4.99. The van der Waals surface area contributed by atoms with E-state index < -0.39 is 0 Å². The van der Waals surface area contributed by atoms with Crippen molar-refractivity contribution >= 4 is 5.82 Å². The minimum absolute atomic E-state index is 0.548. The van der Waals surface area contributed by atoms with Crippen LogP contribution in [0, 0.1) is 0 Å². The van der Waals surface area contributed by atoms with Crippen LogP contribution < -0.4 is 10.6 Å². The van der Waals surface area contributed by atoms with Crippen LogP contribution in [0.5, 0.6) is 0 Å². The number of piperidine rings is 1. The van der Waals surface area contributed by atoms with Gasteiger partial charge < -0.3 is 10.6 Å². The van der Waals surface area contributed by atoms with Gasteiger partial charge in [0.05, 0.1) is 11.7 Å². The molecule has 0 aromatic carbocycles. The first-order valence-electron chi connectivity index (χ1n) is 6.38. The van der Waals surface area contributed by atoms with Gasteiger partial charge in [-0.2, -0.15) is 5.10 Å². The van der Waals surface area contributed by atoms with Crippen molar-refractivity contribution in [3.63, 3.8) is 0 Å². The molecular weight excluding hydrogens is 200 g/mol. The molecule has 0 radical (unpaired) electrons. The summed E-state index contributed by atoms with van der Waals surface area (Å²) < 4.78 is 2.17. The molecule has 2 aliphatic heterocycles. The average molecular weight is 220 g/mol. The van der Waals surface area contributed by atoms with E-state index in [1.807, 2.05) is 0 Å². The summed E-state index contributed by atoms with van der Waals surface area (Å²) in [5.74, 6) is 1.88. The van der Waals surface area contributed by atoms with Crippen LogP contribution in [-0.4, -0.2) is 29.4 Å². The van der Waals surface area contributed by atoms with Gasteiger partial charge in [-0.05, 0) is 39.3 Å². The molecule has 0 bridgehead atoms. The molecule has 2 N–H and O–H groups in total. The topological polar surface area (TPSA) is 41.9 Å². The van der Waals surface area contributed by atoms with E-state index in [9.17, 15) is 0 Å². The van der Waals surface area contributed by atoms with E-state index in [-0.39, 0.29) is 0 Å². The number of aromatic nitrogens is 2. The van der Waals surface area contributed by atoms with Gasteiger partial charge in [-0.25, -0.2) is 4.68 Å². The predicted molar refractivity (Wildman–Crippen MR) is 64.9 cm³/mol. The van der Waals surface area contributed by atoms with Crippen LogP contribution in [0.1, 0.15) is 43.8 Å². The van der Waals surface area contributed by atoms with Crippen LogP contribution in [0.3, 0.4) is 0 Å². The number of hydrogen-bond donors (Lipinski definition) is 2. The molecule has 16 heavy (non-hydrogen) atoms. The smallest absolute Gasteiger partial charge is 0.124 e. The average Bonchev–Trinajstić information content (AvgIpc) is 2.76. The summed E-state index contributed by atoms with van der Waals surface area (Å²) in [6, 6.07) is 2.80. The van der Waals surface area contributed by atoms with Gasteiger partial charge in [0.25, 0.3) is 0 Å². The third-order valence-corrected chi connectivity index (χ3v) is 3.80. The number of rotatable bonds is 1. The lowest BCUT2D eigenvalue weighted by molar-refractivity contribution is 0.423. The lowest BCUT2D eigenvalue weighted by Gasteiger charge is -2.22. The Labute approximate surface area is 96.4 Å².